The highest BCUT2D eigenvalue weighted by atomic mass is 31.0. The molecule has 0 amide bonds. The second kappa shape index (κ2) is 9.15. The number of hydrogen-bond donors (Lipinski definition) is 0. The van der Waals surface area contributed by atoms with E-state index in [9.17, 15) is 9.18 Å². The zero-order chi connectivity index (χ0) is 20.9. The lowest BCUT2D eigenvalue weighted by Crippen LogP contribution is -2.23. The predicted octanol–water partition coefficient (Wildman–Crippen LogP) is 2.37. The Balaban J connectivity index is 1.68. The zero-order valence-electron chi connectivity index (χ0n) is 16.1. The van der Waals surface area contributed by atoms with Gasteiger partial charge in [-0.05, 0) is 31.0 Å². The van der Waals surface area contributed by atoms with Crippen LogP contribution in [0.25, 0.3) is 11.3 Å². The summed E-state index contributed by atoms with van der Waals surface area (Å²) < 4.78 is 24.8. The summed E-state index contributed by atoms with van der Waals surface area (Å²) in [4.78, 5) is 24.5. The van der Waals surface area contributed by atoms with Crippen molar-refractivity contribution in [1.82, 2.24) is 24.7 Å². The molecular weight excluding hydrogens is 396 g/mol. The maximum atomic E-state index is 13.2. The van der Waals surface area contributed by atoms with Gasteiger partial charge in [-0.2, -0.15) is 5.10 Å². The molecule has 0 N–H and O–H groups in total. The second-order valence-corrected chi connectivity index (χ2v) is 7.55. The molecule has 0 aliphatic rings. The van der Waals surface area contributed by atoms with E-state index in [1.54, 1.807) is 30.9 Å². The number of ether oxygens (including phenoxy) is 2. The maximum absolute atomic E-state index is 13.2. The Kier molecular flexibility index (Phi) is 6.61. The summed E-state index contributed by atoms with van der Waals surface area (Å²) in [5.41, 5.74) is 1.06. The van der Waals surface area contributed by atoms with Crippen molar-refractivity contribution < 1.29 is 13.9 Å². The average molecular weight is 417 g/mol. The molecular formula is C19H21FN5O3P. The molecule has 3 heterocycles. The minimum Gasteiger partial charge on any atom is -0.461 e. The van der Waals surface area contributed by atoms with Gasteiger partial charge in [0.15, 0.2) is 0 Å². The van der Waals surface area contributed by atoms with E-state index >= 15 is 0 Å². The van der Waals surface area contributed by atoms with E-state index in [-0.39, 0.29) is 24.8 Å². The fourth-order valence-corrected chi connectivity index (χ4v) is 2.61. The van der Waals surface area contributed by atoms with Crippen LogP contribution in [0.15, 0.2) is 47.8 Å². The molecule has 0 aromatic carbocycles. The number of pyridine rings is 1. The van der Waals surface area contributed by atoms with Gasteiger partial charge in [0.25, 0.3) is 5.56 Å². The standard InChI is InChI=1S/C19H21FN5O3P/c1-13-7-14(9-21-8-13)12-25-17(26)4-3-16(24-25)15-10-22-18(23-11-15)27-5-6-28-19(2,20)29/h3-4,7-11H,5-6,12,29H2,1-2H3. The molecule has 3 aromatic rings. The van der Waals surface area contributed by atoms with Crippen LogP contribution in [0.2, 0.25) is 0 Å². The summed E-state index contributed by atoms with van der Waals surface area (Å²) in [7, 11) is 1.94. The predicted molar refractivity (Wildman–Crippen MR) is 108 cm³/mol. The third-order valence-electron chi connectivity index (χ3n) is 3.75. The van der Waals surface area contributed by atoms with E-state index in [1.165, 1.54) is 17.7 Å². The Morgan fingerprint density at radius 1 is 1.17 bits per heavy atom. The summed E-state index contributed by atoms with van der Waals surface area (Å²) in [6, 6.07) is 5.15. The minimum atomic E-state index is -1.79. The van der Waals surface area contributed by atoms with Gasteiger partial charge < -0.3 is 9.47 Å². The van der Waals surface area contributed by atoms with E-state index in [0.717, 1.165) is 11.1 Å². The molecule has 2 unspecified atom stereocenters. The van der Waals surface area contributed by atoms with Gasteiger partial charge in [0, 0.05) is 36.4 Å². The first-order chi connectivity index (χ1) is 13.8. The summed E-state index contributed by atoms with van der Waals surface area (Å²) in [5, 5.41) is 4.39. The largest absolute Gasteiger partial charge is 0.461 e. The van der Waals surface area contributed by atoms with Gasteiger partial charge in [-0.15, -0.1) is 0 Å². The van der Waals surface area contributed by atoms with Crippen LogP contribution in [0.4, 0.5) is 4.39 Å². The lowest BCUT2D eigenvalue weighted by atomic mass is 10.2. The molecule has 3 aromatic heterocycles. The molecule has 29 heavy (non-hydrogen) atoms. The van der Waals surface area contributed by atoms with Crippen LogP contribution in [0.3, 0.4) is 0 Å². The summed E-state index contributed by atoms with van der Waals surface area (Å²) in [6.07, 6.45) is 6.54. The number of aromatic nitrogens is 5. The molecule has 152 valence electrons. The lowest BCUT2D eigenvalue weighted by molar-refractivity contribution is -0.0654. The molecule has 0 radical (unpaired) electrons. The molecule has 0 saturated carbocycles. The van der Waals surface area contributed by atoms with Gasteiger partial charge in [-0.3, -0.25) is 9.78 Å². The third-order valence-corrected chi connectivity index (χ3v) is 3.92. The fourth-order valence-electron chi connectivity index (χ4n) is 2.49. The van der Waals surface area contributed by atoms with Crippen LogP contribution in [-0.2, 0) is 11.3 Å². The minimum absolute atomic E-state index is 0.0575. The van der Waals surface area contributed by atoms with Crippen LogP contribution < -0.4 is 10.3 Å². The van der Waals surface area contributed by atoms with Crippen molar-refractivity contribution in [2.45, 2.75) is 26.0 Å². The van der Waals surface area contributed by atoms with Crippen molar-refractivity contribution in [1.29, 1.82) is 0 Å². The molecule has 0 aliphatic heterocycles. The molecule has 2 atom stereocenters. The van der Waals surface area contributed by atoms with Crippen molar-refractivity contribution in [3.05, 3.63) is 64.5 Å². The fraction of sp³-hybridized carbons (Fsp3) is 0.316. The number of aryl methyl sites for hydroxylation is 1. The lowest BCUT2D eigenvalue weighted by Gasteiger charge is -2.14. The summed E-state index contributed by atoms with van der Waals surface area (Å²) in [6.45, 7) is 3.70. The van der Waals surface area contributed by atoms with Crippen molar-refractivity contribution in [2.75, 3.05) is 13.2 Å². The van der Waals surface area contributed by atoms with Crippen LogP contribution in [0.5, 0.6) is 6.01 Å². The van der Waals surface area contributed by atoms with Gasteiger partial charge in [-0.1, -0.05) is 15.3 Å². The highest BCUT2D eigenvalue weighted by Gasteiger charge is 2.15. The number of rotatable bonds is 8. The van der Waals surface area contributed by atoms with E-state index in [1.807, 2.05) is 22.2 Å². The van der Waals surface area contributed by atoms with Crippen LogP contribution in [0, 0.1) is 6.92 Å². The van der Waals surface area contributed by atoms with Gasteiger partial charge in [0.05, 0.1) is 18.8 Å². The Labute approximate surface area is 169 Å². The Hall–Kier alpha value is -2.77. The number of alkyl halides is 1. The van der Waals surface area contributed by atoms with Crippen LogP contribution >= 0.6 is 9.24 Å². The molecule has 8 nitrogen and oxygen atoms in total. The number of halogens is 1. The monoisotopic (exact) mass is 417 g/mol. The van der Waals surface area contributed by atoms with Crippen LogP contribution in [0.1, 0.15) is 18.1 Å². The molecule has 0 fully saturated rings. The van der Waals surface area contributed by atoms with Gasteiger partial charge >= 0.3 is 6.01 Å². The van der Waals surface area contributed by atoms with E-state index in [4.69, 9.17) is 9.47 Å². The van der Waals surface area contributed by atoms with E-state index in [0.29, 0.717) is 17.8 Å². The van der Waals surface area contributed by atoms with Gasteiger partial charge in [-0.25, -0.2) is 19.0 Å². The van der Waals surface area contributed by atoms with Crippen molar-refractivity contribution in [3.63, 3.8) is 0 Å². The number of nitrogens with zero attached hydrogens (tertiary/aromatic N) is 5. The summed E-state index contributed by atoms with van der Waals surface area (Å²) >= 11 is 0. The van der Waals surface area contributed by atoms with E-state index < -0.39 is 5.60 Å². The second-order valence-electron chi connectivity index (χ2n) is 6.52. The molecule has 3 rings (SSSR count). The van der Waals surface area contributed by atoms with Crippen molar-refractivity contribution in [2.24, 2.45) is 0 Å². The molecule has 0 saturated heterocycles. The highest BCUT2D eigenvalue weighted by Crippen LogP contribution is 2.20. The molecule has 0 bridgehead atoms. The maximum Gasteiger partial charge on any atom is 0.316 e. The Morgan fingerprint density at radius 2 is 1.93 bits per heavy atom. The normalized spacial score (nSPS) is 13.1. The number of hydrogen-bond acceptors (Lipinski definition) is 7. The van der Waals surface area contributed by atoms with Gasteiger partial charge in [0.1, 0.15) is 6.61 Å². The highest BCUT2D eigenvalue weighted by molar-refractivity contribution is 7.18. The SMILES string of the molecule is Cc1cncc(Cn2nc(-c3cnc(OCCOC(C)(F)P)nc3)ccc2=O)c1. The molecule has 0 aliphatic carbocycles. The smallest absolute Gasteiger partial charge is 0.316 e. The van der Waals surface area contributed by atoms with Crippen LogP contribution in [-0.4, -0.2) is 43.5 Å². The first kappa shape index (κ1) is 21.0. The molecule has 0 spiro atoms. The average Bonchev–Trinajstić information content (AvgIpc) is 2.67. The Bertz CT molecular complexity index is 1020. The van der Waals surface area contributed by atoms with E-state index in [2.05, 4.69) is 20.1 Å². The van der Waals surface area contributed by atoms with Crippen molar-refractivity contribution in [3.8, 4) is 17.3 Å². The molecule has 10 heteroatoms. The summed E-state index contributed by atoms with van der Waals surface area (Å²) in [5.74, 6) is 0. The van der Waals surface area contributed by atoms with Crippen molar-refractivity contribution >= 4 is 9.24 Å². The third kappa shape index (κ3) is 6.37. The quantitative estimate of drug-likeness (QED) is 0.410. The topological polar surface area (TPSA) is 92.0 Å². The zero-order valence-corrected chi connectivity index (χ0v) is 17.2. The Morgan fingerprint density at radius 3 is 2.62 bits per heavy atom. The van der Waals surface area contributed by atoms with Gasteiger partial charge in [0.2, 0.25) is 5.60 Å². The first-order valence-electron chi connectivity index (χ1n) is 8.86. The first-order valence-corrected chi connectivity index (χ1v) is 9.43.